The highest BCUT2D eigenvalue weighted by atomic mass is 19.1. The number of carbonyl (C=O) groups excluding carboxylic acids is 1. The summed E-state index contributed by atoms with van der Waals surface area (Å²) < 4.78 is 30.9. The van der Waals surface area contributed by atoms with Gasteiger partial charge in [0, 0.05) is 29.5 Å². The molecule has 0 spiro atoms. The molecule has 0 aliphatic carbocycles. The lowest BCUT2D eigenvalue weighted by Gasteiger charge is -2.35. The molecule has 6 nitrogen and oxygen atoms in total. The van der Waals surface area contributed by atoms with Crippen LogP contribution in [0.5, 0.6) is 11.5 Å². The van der Waals surface area contributed by atoms with Crippen molar-refractivity contribution in [2.45, 2.75) is 31.8 Å². The molecule has 1 fully saturated rings. The molecule has 156 valence electrons. The molecule has 1 atom stereocenters. The van der Waals surface area contributed by atoms with Crippen LogP contribution in [0.3, 0.4) is 0 Å². The highest BCUT2D eigenvalue weighted by Gasteiger charge is 2.29. The van der Waals surface area contributed by atoms with Gasteiger partial charge in [0.25, 0.3) is 0 Å². The molecular weight excluding hydrogens is 387 g/mol. The van der Waals surface area contributed by atoms with E-state index in [0.29, 0.717) is 29.2 Å². The average molecular weight is 410 g/mol. The van der Waals surface area contributed by atoms with Gasteiger partial charge in [0.15, 0.2) is 17.3 Å². The Bertz CT molecular complexity index is 1090. The second kappa shape index (κ2) is 7.72. The lowest BCUT2D eigenvalue weighted by molar-refractivity contribution is 0.0504. The highest BCUT2D eigenvalue weighted by Crippen LogP contribution is 2.35. The van der Waals surface area contributed by atoms with Crippen molar-refractivity contribution in [1.82, 2.24) is 10.1 Å². The lowest BCUT2D eigenvalue weighted by Crippen LogP contribution is -2.43. The minimum atomic E-state index is -0.300. The third-order valence-corrected chi connectivity index (χ3v) is 5.96. The molecule has 0 N–H and O–H groups in total. The Morgan fingerprint density at radius 2 is 2.00 bits per heavy atom. The number of halogens is 1. The number of aromatic nitrogens is 1. The Kier molecular flexibility index (Phi) is 4.90. The van der Waals surface area contributed by atoms with E-state index in [0.717, 1.165) is 43.6 Å². The molecule has 2 aromatic carbocycles. The van der Waals surface area contributed by atoms with Gasteiger partial charge in [0.1, 0.15) is 29.8 Å². The number of hydrogen-bond donors (Lipinski definition) is 0. The number of Topliss-reactive ketones (excluding diaryl/α,β-unsaturated/α-hetero) is 1. The summed E-state index contributed by atoms with van der Waals surface area (Å²) >= 11 is 0. The van der Waals surface area contributed by atoms with Crippen molar-refractivity contribution < 1.29 is 23.2 Å². The van der Waals surface area contributed by atoms with Crippen LogP contribution in [0.15, 0.2) is 40.9 Å². The zero-order chi connectivity index (χ0) is 20.7. The lowest BCUT2D eigenvalue weighted by atomic mass is 9.92. The van der Waals surface area contributed by atoms with E-state index in [1.165, 1.54) is 19.1 Å². The first-order chi connectivity index (χ1) is 14.6. The molecule has 0 bridgehead atoms. The molecule has 0 radical (unpaired) electrons. The summed E-state index contributed by atoms with van der Waals surface area (Å²) in [7, 11) is 0. The van der Waals surface area contributed by atoms with Crippen LogP contribution in [-0.4, -0.2) is 48.2 Å². The van der Waals surface area contributed by atoms with Crippen LogP contribution in [0.4, 0.5) is 4.39 Å². The topological polar surface area (TPSA) is 64.8 Å². The third kappa shape index (κ3) is 3.65. The van der Waals surface area contributed by atoms with Crippen LogP contribution in [0.2, 0.25) is 0 Å². The zero-order valence-electron chi connectivity index (χ0n) is 16.8. The van der Waals surface area contributed by atoms with Gasteiger partial charge in [-0.15, -0.1) is 0 Å². The van der Waals surface area contributed by atoms with E-state index in [-0.39, 0.29) is 23.6 Å². The fraction of sp³-hybridized carbons (Fsp3) is 0.391. The first kappa shape index (κ1) is 19.1. The second-order valence-corrected chi connectivity index (χ2v) is 8.05. The van der Waals surface area contributed by atoms with Crippen LogP contribution in [0.1, 0.15) is 41.8 Å². The fourth-order valence-corrected chi connectivity index (χ4v) is 4.32. The van der Waals surface area contributed by atoms with Gasteiger partial charge in [-0.25, -0.2) is 4.39 Å². The number of carbonyl (C=O) groups is 1. The van der Waals surface area contributed by atoms with E-state index in [2.05, 4.69) is 10.1 Å². The van der Waals surface area contributed by atoms with Crippen molar-refractivity contribution in [3.63, 3.8) is 0 Å². The van der Waals surface area contributed by atoms with E-state index < -0.39 is 0 Å². The Morgan fingerprint density at radius 3 is 2.80 bits per heavy atom. The molecule has 30 heavy (non-hydrogen) atoms. The number of ether oxygens (including phenoxy) is 2. The highest BCUT2D eigenvalue weighted by molar-refractivity contribution is 5.94. The summed E-state index contributed by atoms with van der Waals surface area (Å²) in [5.41, 5.74) is 1.20. The molecule has 2 aliphatic heterocycles. The van der Waals surface area contributed by atoms with Crippen molar-refractivity contribution in [2.75, 3.05) is 26.2 Å². The van der Waals surface area contributed by atoms with Gasteiger partial charge in [0.05, 0.1) is 0 Å². The van der Waals surface area contributed by atoms with Crippen LogP contribution < -0.4 is 9.47 Å². The number of ketones is 1. The molecule has 1 unspecified atom stereocenters. The van der Waals surface area contributed by atoms with Crippen LogP contribution in [-0.2, 0) is 0 Å². The number of piperidine rings is 1. The number of rotatable bonds is 4. The number of nitrogens with zero attached hydrogens (tertiary/aromatic N) is 2. The minimum Gasteiger partial charge on any atom is -0.486 e. The van der Waals surface area contributed by atoms with E-state index in [1.807, 2.05) is 6.07 Å². The number of benzene rings is 2. The van der Waals surface area contributed by atoms with Crippen molar-refractivity contribution >= 4 is 16.7 Å². The van der Waals surface area contributed by atoms with Gasteiger partial charge < -0.3 is 14.0 Å². The van der Waals surface area contributed by atoms with Crippen LogP contribution in [0, 0.1) is 5.82 Å². The van der Waals surface area contributed by atoms with Gasteiger partial charge in [-0.3, -0.25) is 9.69 Å². The quantitative estimate of drug-likeness (QED) is 0.601. The van der Waals surface area contributed by atoms with E-state index >= 15 is 0 Å². The summed E-state index contributed by atoms with van der Waals surface area (Å²) in [5.74, 6) is 2.17. The summed E-state index contributed by atoms with van der Waals surface area (Å²) in [5, 5.41) is 4.92. The Labute approximate surface area is 173 Å². The van der Waals surface area contributed by atoms with Gasteiger partial charge in [-0.2, -0.15) is 0 Å². The average Bonchev–Trinajstić information content (AvgIpc) is 3.17. The Balaban J connectivity index is 1.19. The van der Waals surface area contributed by atoms with Crippen molar-refractivity contribution in [1.29, 1.82) is 0 Å². The first-order valence-corrected chi connectivity index (χ1v) is 10.3. The predicted octanol–water partition coefficient (Wildman–Crippen LogP) is 4.19. The molecule has 3 aromatic rings. The molecule has 2 aliphatic rings. The van der Waals surface area contributed by atoms with Crippen molar-refractivity contribution in [2.24, 2.45) is 0 Å². The molecule has 5 rings (SSSR count). The Morgan fingerprint density at radius 1 is 1.17 bits per heavy atom. The maximum Gasteiger partial charge on any atom is 0.162 e. The van der Waals surface area contributed by atoms with Gasteiger partial charge in [-0.1, -0.05) is 5.16 Å². The largest absolute Gasteiger partial charge is 0.486 e. The van der Waals surface area contributed by atoms with E-state index in [1.54, 1.807) is 18.2 Å². The summed E-state index contributed by atoms with van der Waals surface area (Å²) in [6, 6.07) is 9.94. The molecular formula is C23H23FN2O4. The standard InChI is InChI=1S/C23H23FN2O4/c1-14(27)16-2-5-21-22(10-16)28-13-18(29-21)12-26-8-6-15(7-9-26)23-19-4-3-17(24)11-20(19)25-30-23/h2-5,10-11,15,18H,6-9,12-13H2,1H3. The third-order valence-electron chi connectivity index (χ3n) is 5.96. The predicted molar refractivity (Wildman–Crippen MR) is 109 cm³/mol. The van der Waals surface area contributed by atoms with Crippen molar-refractivity contribution in [3.8, 4) is 11.5 Å². The summed E-state index contributed by atoms with van der Waals surface area (Å²) in [6.45, 7) is 4.63. The number of fused-ring (bicyclic) bond motifs is 2. The molecule has 1 saturated heterocycles. The Hall–Kier alpha value is -2.93. The molecule has 7 heteroatoms. The summed E-state index contributed by atoms with van der Waals surface area (Å²) in [6.07, 6.45) is 1.85. The smallest absolute Gasteiger partial charge is 0.162 e. The fourth-order valence-electron chi connectivity index (χ4n) is 4.32. The maximum atomic E-state index is 13.4. The normalized spacial score (nSPS) is 19.9. The van der Waals surface area contributed by atoms with Gasteiger partial charge in [0.2, 0.25) is 0 Å². The summed E-state index contributed by atoms with van der Waals surface area (Å²) in [4.78, 5) is 13.9. The van der Waals surface area contributed by atoms with E-state index in [9.17, 15) is 9.18 Å². The molecule has 0 saturated carbocycles. The van der Waals surface area contributed by atoms with Gasteiger partial charge in [-0.05, 0) is 63.2 Å². The maximum absolute atomic E-state index is 13.4. The van der Waals surface area contributed by atoms with Crippen LogP contribution in [0.25, 0.3) is 10.9 Å². The number of hydrogen-bond acceptors (Lipinski definition) is 6. The van der Waals surface area contributed by atoms with Gasteiger partial charge >= 0.3 is 0 Å². The second-order valence-electron chi connectivity index (χ2n) is 8.05. The first-order valence-electron chi connectivity index (χ1n) is 10.3. The zero-order valence-corrected chi connectivity index (χ0v) is 16.8. The molecule has 3 heterocycles. The van der Waals surface area contributed by atoms with Crippen LogP contribution >= 0.6 is 0 Å². The number of likely N-dealkylation sites (tertiary alicyclic amines) is 1. The van der Waals surface area contributed by atoms with Crippen molar-refractivity contribution in [3.05, 3.63) is 53.5 Å². The molecule has 1 aromatic heterocycles. The monoisotopic (exact) mass is 410 g/mol. The minimum absolute atomic E-state index is 0.0102. The SMILES string of the molecule is CC(=O)c1ccc2c(c1)OCC(CN1CCC(c3onc4cc(F)ccc34)CC1)O2. The molecule has 0 amide bonds. The van der Waals surface area contributed by atoms with E-state index in [4.69, 9.17) is 14.0 Å².